The molecule has 0 spiro atoms. The lowest BCUT2D eigenvalue weighted by molar-refractivity contribution is -0.137. The summed E-state index contributed by atoms with van der Waals surface area (Å²) in [6, 6.07) is 4.14. The van der Waals surface area contributed by atoms with Crippen LogP contribution in [0, 0.1) is 17.3 Å². The Morgan fingerprint density at radius 2 is 2.17 bits per heavy atom. The Morgan fingerprint density at radius 1 is 1.39 bits per heavy atom. The summed E-state index contributed by atoms with van der Waals surface area (Å²) in [6.45, 7) is 5.03. The summed E-state index contributed by atoms with van der Waals surface area (Å²) >= 11 is 11.6. The number of likely N-dealkylation sites (tertiary alicyclic amines) is 1. The summed E-state index contributed by atoms with van der Waals surface area (Å²) in [5, 5.41) is 0. The fourth-order valence-corrected chi connectivity index (χ4v) is 4.16. The van der Waals surface area contributed by atoms with Crippen LogP contribution in [-0.2, 0) is 4.79 Å². The molecule has 1 aromatic heterocycles. The van der Waals surface area contributed by atoms with Gasteiger partial charge < -0.3 is 4.90 Å². The summed E-state index contributed by atoms with van der Waals surface area (Å²) in [5.74, 6) is 0.308. The molecule has 2 heterocycles. The van der Waals surface area contributed by atoms with Gasteiger partial charge in [-0.05, 0) is 48.3 Å². The average molecular weight is 353 g/mol. The third-order valence-corrected chi connectivity index (χ3v) is 5.59. The van der Waals surface area contributed by atoms with Crippen LogP contribution in [0.4, 0.5) is 0 Å². The van der Waals surface area contributed by atoms with Gasteiger partial charge in [-0.1, -0.05) is 43.1 Å². The molecule has 2 fully saturated rings. The number of pyridine rings is 1. The van der Waals surface area contributed by atoms with Crippen LogP contribution >= 0.6 is 23.2 Å². The Morgan fingerprint density at radius 3 is 2.83 bits per heavy atom. The first-order chi connectivity index (χ1) is 10.9. The van der Waals surface area contributed by atoms with E-state index in [9.17, 15) is 4.79 Å². The number of allylic oxidation sites excluding steroid dienone is 1. The lowest BCUT2D eigenvalue weighted by atomic mass is 9.95. The molecule has 5 heteroatoms. The topological polar surface area (TPSA) is 33.2 Å². The van der Waals surface area contributed by atoms with Crippen molar-refractivity contribution in [1.82, 2.24) is 9.88 Å². The van der Waals surface area contributed by atoms with E-state index in [1.54, 1.807) is 6.20 Å². The number of amides is 1. The zero-order valence-electron chi connectivity index (χ0n) is 13.5. The summed E-state index contributed by atoms with van der Waals surface area (Å²) in [6.07, 6.45) is 8.67. The molecule has 1 aliphatic heterocycles. The van der Waals surface area contributed by atoms with Gasteiger partial charge in [0.05, 0.1) is 12.0 Å². The molecule has 1 aromatic rings. The van der Waals surface area contributed by atoms with Crippen molar-refractivity contribution >= 4 is 29.1 Å². The minimum atomic E-state index is -0.0803. The highest BCUT2D eigenvalue weighted by Crippen LogP contribution is 2.61. The monoisotopic (exact) mass is 352 g/mol. The van der Waals surface area contributed by atoms with Crippen molar-refractivity contribution in [3.05, 3.63) is 40.7 Å². The van der Waals surface area contributed by atoms with Gasteiger partial charge in [-0.2, -0.15) is 0 Å². The van der Waals surface area contributed by atoms with Crippen LogP contribution in [-0.4, -0.2) is 22.3 Å². The Kier molecular flexibility index (Phi) is 4.70. The van der Waals surface area contributed by atoms with Crippen molar-refractivity contribution in [3.8, 4) is 0 Å². The molecule has 0 unspecified atom stereocenters. The molecule has 1 saturated carbocycles. The van der Waals surface area contributed by atoms with Gasteiger partial charge in [0.25, 0.3) is 0 Å². The maximum Gasteiger partial charge on any atom is 0.227 e. The van der Waals surface area contributed by atoms with E-state index in [4.69, 9.17) is 23.2 Å². The molecule has 2 aliphatic rings. The second kappa shape index (κ2) is 6.45. The highest BCUT2D eigenvalue weighted by Gasteiger charge is 2.62. The van der Waals surface area contributed by atoms with Crippen LogP contribution in [0.2, 0.25) is 0 Å². The van der Waals surface area contributed by atoms with Crippen LogP contribution in [0.5, 0.6) is 0 Å². The first-order valence-corrected chi connectivity index (χ1v) is 8.91. The number of carbonyl (C=O) groups is 1. The molecule has 3 nitrogen and oxygen atoms in total. The van der Waals surface area contributed by atoms with Crippen molar-refractivity contribution in [2.24, 2.45) is 17.3 Å². The third-order valence-electron chi connectivity index (χ3n) is 5.34. The SMILES string of the molecule is CC1(C)[C@@H](C=C(Cl)Cl)[C@@H]1C(=O)N1CCCC[C@H]1c1cccnc1. The van der Waals surface area contributed by atoms with Crippen molar-refractivity contribution < 1.29 is 4.79 Å². The molecule has 3 rings (SSSR count). The first kappa shape index (κ1) is 16.8. The molecule has 1 aliphatic carbocycles. The maximum absolute atomic E-state index is 13.1. The molecule has 3 atom stereocenters. The Hall–Kier alpha value is -1.06. The summed E-state index contributed by atoms with van der Waals surface area (Å²) in [5.41, 5.74) is 1.05. The number of piperidine rings is 1. The Balaban J connectivity index is 1.82. The van der Waals surface area contributed by atoms with Crippen LogP contribution in [0.15, 0.2) is 35.1 Å². The predicted octanol–water partition coefficient (Wildman–Crippen LogP) is 4.73. The first-order valence-electron chi connectivity index (χ1n) is 8.16. The molecule has 1 amide bonds. The highest BCUT2D eigenvalue weighted by molar-refractivity contribution is 6.55. The molecular formula is C18H22Cl2N2O. The second-order valence-corrected chi connectivity index (χ2v) is 8.12. The fraction of sp³-hybridized carbons (Fsp3) is 0.556. The van der Waals surface area contributed by atoms with E-state index in [2.05, 4.69) is 24.9 Å². The molecule has 0 aromatic carbocycles. The number of rotatable bonds is 3. The molecule has 1 saturated heterocycles. The minimum absolute atomic E-state index is 0.0349. The lowest BCUT2D eigenvalue weighted by Gasteiger charge is -2.36. The van der Waals surface area contributed by atoms with Gasteiger partial charge in [-0.25, -0.2) is 0 Å². The Labute approximate surface area is 147 Å². The van der Waals surface area contributed by atoms with Crippen LogP contribution in [0.1, 0.15) is 44.7 Å². The number of hydrogen-bond donors (Lipinski definition) is 0. The van der Waals surface area contributed by atoms with E-state index in [1.165, 1.54) is 0 Å². The standard InChI is InChI=1S/C18H22Cl2N2O/c1-18(2)13(10-15(19)20)16(18)17(23)22-9-4-3-7-14(22)12-6-5-8-21-11-12/h5-6,8,10-11,13-14,16H,3-4,7,9H2,1-2H3/t13-,14-,16+/m0/s1. The zero-order chi connectivity index (χ0) is 16.6. The van der Waals surface area contributed by atoms with Gasteiger partial charge in [0.15, 0.2) is 0 Å². The van der Waals surface area contributed by atoms with E-state index in [-0.39, 0.29) is 33.7 Å². The molecule has 0 bridgehead atoms. The lowest BCUT2D eigenvalue weighted by Crippen LogP contribution is -2.40. The van der Waals surface area contributed by atoms with Crippen molar-refractivity contribution in [3.63, 3.8) is 0 Å². The van der Waals surface area contributed by atoms with E-state index in [0.717, 1.165) is 31.4 Å². The third kappa shape index (κ3) is 3.27. The van der Waals surface area contributed by atoms with Gasteiger partial charge in [-0.15, -0.1) is 0 Å². The predicted molar refractivity (Wildman–Crippen MR) is 93.1 cm³/mol. The number of nitrogens with zero attached hydrogens (tertiary/aromatic N) is 2. The van der Waals surface area contributed by atoms with Gasteiger partial charge in [0, 0.05) is 18.9 Å². The normalized spacial score (nSPS) is 29.0. The van der Waals surface area contributed by atoms with E-state index in [1.807, 2.05) is 23.2 Å². The number of aromatic nitrogens is 1. The number of halogens is 2. The summed E-state index contributed by atoms with van der Waals surface area (Å²) in [4.78, 5) is 19.4. The van der Waals surface area contributed by atoms with Crippen molar-refractivity contribution in [1.29, 1.82) is 0 Å². The largest absolute Gasteiger partial charge is 0.335 e. The van der Waals surface area contributed by atoms with Crippen LogP contribution in [0.25, 0.3) is 0 Å². The number of carbonyl (C=O) groups excluding carboxylic acids is 1. The highest BCUT2D eigenvalue weighted by atomic mass is 35.5. The van der Waals surface area contributed by atoms with E-state index < -0.39 is 0 Å². The van der Waals surface area contributed by atoms with Gasteiger partial charge in [0.1, 0.15) is 4.49 Å². The van der Waals surface area contributed by atoms with Crippen LogP contribution < -0.4 is 0 Å². The van der Waals surface area contributed by atoms with E-state index in [0.29, 0.717) is 0 Å². The smallest absolute Gasteiger partial charge is 0.227 e. The number of hydrogen-bond acceptors (Lipinski definition) is 2. The van der Waals surface area contributed by atoms with Crippen LogP contribution in [0.3, 0.4) is 0 Å². The van der Waals surface area contributed by atoms with Gasteiger partial charge in [-0.3, -0.25) is 9.78 Å². The average Bonchev–Trinajstić information content (AvgIpc) is 3.07. The summed E-state index contributed by atoms with van der Waals surface area (Å²) in [7, 11) is 0. The zero-order valence-corrected chi connectivity index (χ0v) is 15.0. The minimum Gasteiger partial charge on any atom is -0.335 e. The molecule has 124 valence electrons. The Bertz CT molecular complexity index is 611. The molecule has 23 heavy (non-hydrogen) atoms. The quantitative estimate of drug-likeness (QED) is 0.787. The van der Waals surface area contributed by atoms with Crippen molar-refractivity contribution in [2.45, 2.75) is 39.2 Å². The van der Waals surface area contributed by atoms with Gasteiger partial charge >= 0.3 is 0 Å². The molecule has 0 radical (unpaired) electrons. The fourth-order valence-electron chi connectivity index (χ4n) is 3.89. The van der Waals surface area contributed by atoms with Crippen molar-refractivity contribution in [2.75, 3.05) is 6.54 Å². The van der Waals surface area contributed by atoms with Gasteiger partial charge in [0.2, 0.25) is 5.91 Å². The summed E-state index contributed by atoms with van der Waals surface area (Å²) < 4.78 is 0.251. The second-order valence-electron chi connectivity index (χ2n) is 7.11. The maximum atomic E-state index is 13.1. The van der Waals surface area contributed by atoms with E-state index >= 15 is 0 Å². The molecular weight excluding hydrogens is 331 g/mol. The molecule has 0 N–H and O–H groups in total.